The molecule has 2 aromatic heterocycles. The van der Waals surface area contributed by atoms with E-state index in [2.05, 4.69) is 35.2 Å². The largest absolute Gasteiger partial charge is 0.360 e. The zero-order valence-electron chi connectivity index (χ0n) is 12.8. The third kappa shape index (κ3) is 3.91. The molecule has 21 heavy (non-hydrogen) atoms. The molecular formula is C15H22N4OS. The SMILES string of the molecule is CCCCN(C)C(=O)CNc1ncnc2sc(CC)cc12. The van der Waals surface area contributed by atoms with Crippen molar-refractivity contribution in [3.63, 3.8) is 0 Å². The number of rotatable bonds is 7. The van der Waals surface area contributed by atoms with Gasteiger partial charge in [0.1, 0.15) is 17.0 Å². The Labute approximate surface area is 129 Å². The van der Waals surface area contributed by atoms with Crippen LogP contribution < -0.4 is 5.32 Å². The van der Waals surface area contributed by atoms with Gasteiger partial charge in [0.15, 0.2) is 0 Å². The number of amides is 1. The maximum Gasteiger partial charge on any atom is 0.241 e. The molecule has 6 heteroatoms. The number of fused-ring (bicyclic) bond motifs is 1. The van der Waals surface area contributed by atoms with E-state index in [1.54, 1.807) is 22.6 Å². The summed E-state index contributed by atoms with van der Waals surface area (Å²) < 4.78 is 0. The lowest BCUT2D eigenvalue weighted by atomic mass is 10.3. The molecule has 2 rings (SSSR count). The van der Waals surface area contributed by atoms with Crippen LogP contribution in [-0.2, 0) is 11.2 Å². The van der Waals surface area contributed by atoms with Gasteiger partial charge in [0, 0.05) is 18.5 Å². The summed E-state index contributed by atoms with van der Waals surface area (Å²) in [6, 6.07) is 2.10. The number of nitrogens with one attached hydrogen (secondary N) is 1. The number of aromatic nitrogens is 2. The zero-order chi connectivity index (χ0) is 15.2. The Morgan fingerprint density at radius 3 is 2.90 bits per heavy atom. The molecule has 0 fully saturated rings. The van der Waals surface area contributed by atoms with Gasteiger partial charge in [-0.3, -0.25) is 4.79 Å². The van der Waals surface area contributed by atoms with Crippen LogP contribution in [0.3, 0.4) is 0 Å². The monoisotopic (exact) mass is 306 g/mol. The Balaban J connectivity index is 2.03. The van der Waals surface area contributed by atoms with Crippen LogP contribution in [0.4, 0.5) is 5.82 Å². The molecule has 0 aliphatic heterocycles. The van der Waals surface area contributed by atoms with Gasteiger partial charge in [0.25, 0.3) is 0 Å². The van der Waals surface area contributed by atoms with Crippen molar-refractivity contribution in [1.82, 2.24) is 14.9 Å². The first kappa shape index (κ1) is 15.7. The Hall–Kier alpha value is -1.69. The van der Waals surface area contributed by atoms with Crippen LogP contribution in [0.2, 0.25) is 0 Å². The Bertz CT molecular complexity index is 611. The summed E-state index contributed by atoms with van der Waals surface area (Å²) in [7, 11) is 1.84. The van der Waals surface area contributed by atoms with E-state index in [9.17, 15) is 4.79 Å². The minimum Gasteiger partial charge on any atom is -0.360 e. The maximum atomic E-state index is 12.0. The molecule has 0 aliphatic rings. The first-order valence-corrected chi connectivity index (χ1v) is 8.18. The van der Waals surface area contributed by atoms with Crippen molar-refractivity contribution in [2.45, 2.75) is 33.1 Å². The molecule has 0 spiro atoms. The summed E-state index contributed by atoms with van der Waals surface area (Å²) in [6.07, 6.45) is 4.65. The fourth-order valence-corrected chi connectivity index (χ4v) is 2.97. The highest BCUT2D eigenvalue weighted by Gasteiger charge is 2.11. The van der Waals surface area contributed by atoms with Crippen LogP contribution in [0.5, 0.6) is 0 Å². The summed E-state index contributed by atoms with van der Waals surface area (Å²) in [5.41, 5.74) is 0. The van der Waals surface area contributed by atoms with E-state index in [4.69, 9.17) is 0 Å². The van der Waals surface area contributed by atoms with E-state index in [1.165, 1.54) is 4.88 Å². The van der Waals surface area contributed by atoms with Crippen molar-refractivity contribution in [2.75, 3.05) is 25.5 Å². The number of nitrogens with zero attached hydrogens (tertiary/aromatic N) is 3. The van der Waals surface area contributed by atoms with Crippen molar-refractivity contribution in [3.05, 3.63) is 17.3 Å². The lowest BCUT2D eigenvalue weighted by molar-refractivity contribution is -0.128. The van der Waals surface area contributed by atoms with Crippen molar-refractivity contribution in [1.29, 1.82) is 0 Å². The highest BCUT2D eigenvalue weighted by Crippen LogP contribution is 2.28. The third-order valence-electron chi connectivity index (χ3n) is 3.41. The molecule has 2 heterocycles. The van der Waals surface area contributed by atoms with E-state index in [1.807, 2.05) is 7.05 Å². The Kier molecular flexibility index (Phi) is 5.50. The molecule has 114 valence electrons. The van der Waals surface area contributed by atoms with Gasteiger partial charge in [-0.1, -0.05) is 20.3 Å². The van der Waals surface area contributed by atoms with Gasteiger partial charge in [0.2, 0.25) is 5.91 Å². The Morgan fingerprint density at radius 1 is 1.38 bits per heavy atom. The molecule has 2 aromatic rings. The third-order valence-corrected chi connectivity index (χ3v) is 4.60. The van der Waals surface area contributed by atoms with E-state index in [0.717, 1.165) is 41.8 Å². The van der Waals surface area contributed by atoms with Gasteiger partial charge < -0.3 is 10.2 Å². The Morgan fingerprint density at radius 2 is 2.19 bits per heavy atom. The molecule has 0 saturated carbocycles. The minimum absolute atomic E-state index is 0.0844. The molecule has 0 aliphatic carbocycles. The normalized spacial score (nSPS) is 10.8. The molecule has 1 N–H and O–H groups in total. The molecule has 0 aromatic carbocycles. The maximum absolute atomic E-state index is 12.0. The lowest BCUT2D eigenvalue weighted by Gasteiger charge is -2.17. The van der Waals surface area contributed by atoms with Crippen LogP contribution in [0.1, 0.15) is 31.6 Å². The lowest BCUT2D eigenvalue weighted by Crippen LogP contribution is -2.33. The van der Waals surface area contributed by atoms with E-state index in [0.29, 0.717) is 0 Å². The van der Waals surface area contributed by atoms with Gasteiger partial charge in [0.05, 0.1) is 11.9 Å². The van der Waals surface area contributed by atoms with Crippen molar-refractivity contribution >= 4 is 33.3 Å². The second-order valence-electron chi connectivity index (χ2n) is 5.03. The summed E-state index contributed by atoms with van der Waals surface area (Å²) in [5, 5.41) is 4.15. The van der Waals surface area contributed by atoms with Crippen LogP contribution in [0, 0.1) is 0 Å². The van der Waals surface area contributed by atoms with Gasteiger partial charge in [-0.2, -0.15) is 0 Å². The second-order valence-corrected chi connectivity index (χ2v) is 6.14. The molecule has 5 nitrogen and oxygen atoms in total. The van der Waals surface area contributed by atoms with Gasteiger partial charge in [-0.25, -0.2) is 9.97 Å². The highest BCUT2D eigenvalue weighted by atomic mass is 32.1. The fraction of sp³-hybridized carbons (Fsp3) is 0.533. The molecule has 0 unspecified atom stereocenters. The average Bonchev–Trinajstić information content (AvgIpc) is 2.93. The van der Waals surface area contributed by atoms with Crippen molar-refractivity contribution in [3.8, 4) is 0 Å². The summed E-state index contributed by atoms with van der Waals surface area (Å²) in [6.45, 7) is 5.31. The number of carbonyl (C=O) groups excluding carboxylic acids is 1. The van der Waals surface area contributed by atoms with E-state index >= 15 is 0 Å². The van der Waals surface area contributed by atoms with Crippen LogP contribution in [0.15, 0.2) is 12.4 Å². The summed E-state index contributed by atoms with van der Waals surface area (Å²) in [4.78, 5) is 24.6. The molecule has 0 saturated heterocycles. The zero-order valence-corrected chi connectivity index (χ0v) is 13.7. The van der Waals surface area contributed by atoms with Crippen LogP contribution in [0.25, 0.3) is 10.2 Å². The molecule has 0 bridgehead atoms. The number of carbonyl (C=O) groups is 1. The average molecular weight is 306 g/mol. The number of likely N-dealkylation sites (N-methyl/N-ethyl adjacent to an activating group) is 1. The van der Waals surface area contributed by atoms with Gasteiger partial charge >= 0.3 is 0 Å². The first-order chi connectivity index (χ1) is 10.2. The number of thiophene rings is 1. The van der Waals surface area contributed by atoms with Crippen molar-refractivity contribution in [2.24, 2.45) is 0 Å². The predicted molar refractivity (Wildman–Crippen MR) is 87.8 cm³/mol. The molecule has 1 amide bonds. The first-order valence-electron chi connectivity index (χ1n) is 7.37. The number of hydrogen-bond donors (Lipinski definition) is 1. The molecule has 0 atom stereocenters. The quantitative estimate of drug-likeness (QED) is 0.854. The van der Waals surface area contributed by atoms with Crippen LogP contribution in [-0.4, -0.2) is 40.9 Å². The standard InChI is InChI=1S/C15H22N4OS/c1-4-6-7-19(3)13(20)9-16-14-12-8-11(5-2)21-15(12)18-10-17-14/h8,10H,4-7,9H2,1-3H3,(H,16,17,18). The van der Waals surface area contributed by atoms with E-state index < -0.39 is 0 Å². The number of hydrogen-bond acceptors (Lipinski definition) is 5. The van der Waals surface area contributed by atoms with Gasteiger partial charge in [-0.05, 0) is 18.9 Å². The van der Waals surface area contributed by atoms with Crippen molar-refractivity contribution < 1.29 is 4.79 Å². The minimum atomic E-state index is 0.0844. The number of unbranched alkanes of at least 4 members (excludes halogenated alkanes) is 1. The van der Waals surface area contributed by atoms with Gasteiger partial charge in [-0.15, -0.1) is 11.3 Å². The summed E-state index contributed by atoms with van der Waals surface area (Å²) in [5.74, 6) is 0.828. The summed E-state index contributed by atoms with van der Waals surface area (Å²) >= 11 is 1.68. The molecular weight excluding hydrogens is 284 g/mol. The topological polar surface area (TPSA) is 58.1 Å². The fourth-order valence-electron chi connectivity index (χ4n) is 2.03. The second kappa shape index (κ2) is 7.36. The van der Waals surface area contributed by atoms with E-state index in [-0.39, 0.29) is 12.5 Å². The number of anilines is 1. The smallest absolute Gasteiger partial charge is 0.241 e. The predicted octanol–water partition coefficient (Wildman–Crippen LogP) is 2.92. The van der Waals surface area contributed by atoms with Crippen LogP contribution >= 0.6 is 11.3 Å². The number of aryl methyl sites for hydroxylation is 1. The highest BCUT2D eigenvalue weighted by molar-refractivity contribution is 7.18. The molecule has 0 radical (unpaired) electrons.